The van der Waals surface area contributed by atoms with Crippen LogP contribution in [0.5, 0.6) is 0 Å². The van der Waals surface area contributed by atoms with Crippen molar-refractivity contribution in [2.24, 2.45) is 0 Å². The third-order valence-electron chi connectivity index (χ3n) is 1.27. The van der Waals surface area contributed by atoms with Crippen molar-refractivity contribution in [3.05, 3.63) is 21.0 Å². The van der Waals surface area contributed by atoms with Crippen molar-refractivity contribution in [1.82, 2.24) is 0 Å². The Morgan fingerprint density at radius 3 is 2.92 bits per heavy atom. The number of hydrogen-bond acceptors (Lipinski definition) is 2. The summed E-state index contributed by atoms with van der Waals surface area (Å²) in [4.78, 5) is 11.2. The van der Waals surface area contributed by atoms with Gasteiger partial charge in [0, 0.05) is 0 Å². The van der Waals surface area contributed by atoms with Gasteiger partial charge in [0.15, 0.2) is 0 Å². The summed E-state index contributed by atoms with van der Waals surface area (Å²) in [6.07, 6.45) is 0. The molecule has 0 spiro atoms. The SMILES string of the molecule is CCOC(=O)c1ccc(CBr)[se]1. The molecule has 0 amide bonds. The normalized spacial score (nSPS) is 9.83. The number of rotatable bonds is 3. The summed E-state index contributed by atoms with van der Waals surface area (Å²) in [6.45, 7) is 2.27. The van der Waals surface area contributed by atoms with Crippen LogP contribution in [-0.4, -0.2) is 27.1 Å². The van der Waals surface area contributed by atoms with Crippen molar-refractivity contribution in [2.45, 2.75) is 12.3 Å². The van der Waals surface area contributed by atoms with Gasteiger partial charge in [0.05, 0.1) is 0 Å². The average molecular weight is 296 g/mol. The van der Waals surface area contributed by atoms with Gasteiger partial charge in [0.1, 0.15) is 0 Å². The maximum absolute atomic E-state index is 11.2. The van der Waals surface area contributed by atoms with Crippen LogP contribution in [0.3, 0.4) is 0 Å². The van der Waals surface area contributed by atoms with Gasteiger partial charge in [-0.25, -0.2) is 0 Å². The zero-order chi connectivity index (χ0) is 8.97. The van der Waals surface area contributed by atoms with Crippen LogP contribution in [0.25, 0.3) is 0 Å². The molecule has 0 saturated heterocycles. The number of alkyl halides is 1. The Morgan fingerprint density at radius 2 is 2.42 bits per heavy atom. The van der Waals surface area contributed by atoms with Crippen LogP contribution in [-0.2, 0) is 10.1 Å². The molecule has 0 aromatic carbocycles. The van der Waals surface area contributed by atoms with Crippen molar-refractivity contribution in [2.75, 3.05) is 6.61 Å². The third-order valence-corrected chi connectivity index (χ3v) is 4.94. The molecule has 1 aromatic heterocycles. The van der Waals surface area contributed by atoms with Crippen molar-refractivity contribution in [1.29, 1.82) is 0 Å². The minimum atomic E-state index is -0.162. The van der Waals surface area contributed by atoms with Crippen LogP contribution in [0.1, 0.15) is 20.6 Å². The van der Waals surface area contributed by atoms with Gasteiger partial charge in [-0.2, -0.15) is 0 Å². The Bertz CT molecular complexity index is 270. The Balaban J connectivity index is 2.68. The predicted octanol–water partition coefficient (Wildman–Crippen LogP) is 1.82. The van der Waals surface area contributed by atoms with Crippen LogP contribution in [0.15, 0.2) is 12.1 Å². The number of halogens is 1. The first-order valence-corrected chi connectivity index (χ1v) is 6.43. The van der Waals surface area contributed by atoms with Crippen LogP contribution in [0.4, 0.5) is 0 Å². The Hall–Kier alpha value is -0.0505. The number of esters is 1. The van der Waals surface area contributed by atoms with Crippen molar-refractivity contribution < 1.29 is 9.53 Å². The third kappa shape index (κ3) is 2.47. The molecule has 2 nitrogen and oxygen atoms in total. The molecule has 66 valence electrons. The monoisotopic (exact) mass is 296 g/mol. The molecule has 12 heavy (non-hydrogen) atoms. The number of carbonyl (C=O) groups excluding carboxylic acids is 1. The van der Waals surface area contributed by atoms with E-state index in [1.807, 2.05) is 19.1 Å². The van der Waals surface area contributed by atoms with Crippen LogP contribution in [0.2, 0.25) is 0 Å². The number of hydrogen-bond donors (Lipinski definition) is 0. The second kappa shape index (κ2) is 4.85. The molecule has 0 N–H and O–H groups in total. The van der Waals surface area contributed by atoms with E-state index in [9.17, 15) is 4.79 Å². The molecule has 0 fully saturated rings. The maximum atomic E-state index is 11.2. The van der Waals surface area contributed by atoms with E-state index >= 15 is 0 Å². The second-order valence-electron chi connectivity index (χ2n) is 2.12. The van der Waals surface area contributed by atoms with Gasteiger partial charge >= 0.3 is 85.8 Å². The standard InChI is InChI=1S/C8H9BrO2Se/c1-2-11-8(10)7-4-3-6(5-9)12-7/h3-4H,2,5H2,1H3. The molecule has 0 aliphatic heterocycles. The van der Waals surface area contributed by atoms with E-state index in [0.717, 1.165) is 9.77 Å². The first kappa shape index (κ1) is 10.0. The minimum absolute atomic E-state index is 0.162. The van der Waals surface area contributed by atoms with Crippen molar-refractivity contribution >= 4 is 36.4 Å². The quantitative estimate of drug-likeness (QED) is 0.483. The fourth-order valence-electron chi connectivity index (χ4n) is 0.762. The zero-order valence-corrected chi connectivity index (χ0v) is 9.97. The summed E-state index contributed by atoms with van der Waals surface area (Å²) in [5, 5.41) is 0.854. The summed E-state index contributed by atoms with van der Waals surface area (Å²) in [5.74, 6) is -0.162. The van der Waals surface area contributed by atoms with Gasteiger partial charge in [-0.05, 0) is 0 Å². The van der Waals surface area contributed by atoms with Gasteiger partial charge in [-0.15, -0.1) is 0 Å². The van der Waals surface area contributed by atoms with E-state index < -0.39 is 0 Å². The van der Waals surface area contributed by atoms with Crippen molar-refractivity contribution in [3.63, 3.8) is 0 Å². The fraction of sp³-hybridized carbons (Fsp3) is 0.375. The summed E-state index contributed by atoms with van der Waals surface area (Å²) in [6, 6.07) is 3.84. The van der Waals surface area contributed by atoms with E-state index in [4.69, 9.17) is 4.74 Å². The fourth-order valence-corrected chi connectivity index (χ4v) is 3.12. The van der Waals surface area contributed by atoms with Crippen molar-refractivity contribution in [3.8, 4) is 0 Å². The molecule has 0 saturated carbocycles. The first-order chi connectivity index (χ1) is 5.77. The molecule has 1 aromatic rings. The Kier molecular flexibility index (Phi) is 4.06. The Labute approximate surface area is 85.8 Å². The average Bonchev–Trinajstić information content (AvgIpc) is 2.52. The molecule has 0 aliphatic rings. The summed E-state index contributed by atoms with van der Waals surface area (Å²) in [7, 11) is 0. The molecule has 4 heteroatoms. The molecule has 0 atom stereocenters. The molecule has 1 heterocycles. The summed E-state index contributed by atoms with van der Waals surface area (Å²) in [5.41, 5.74) is 0. The van der Waals surface area contributed by atoms with Gasteiger partial charge in [-0.1, -0.05) is 0 Å². The van der Waals surface area contributed by atoms with E-state index in [2.05, 4.69) is 15.9 Å². The molecule has 1 rings (SSSR count). The molecule has 0 radical (unpaired) electrons. The molecule has 0 unspecified atom stereocenters. The Morgan fingerprint density at radius 1 is 1.67 bits per heavy atom. The van der Waals surface area contributed by atoms with E-state index in [1.54, 1.807) is 0 Å². The van der Waals surface area contributed by atoms with E-state index in [0.29, 0.717) is 6.61 Å². The van der Waals surface area contributed by atoms with Crippen LogP contribution >= 0.6 is 15.9 Å². The number of carbonyl (C=O) groups is 1. The van der Waals surface area contributed by atoms with Gasteiger partial charge in [-0.3, -0.25) is 0 Å². The topological polar surface area (TPSA) is 26.3 Å². The molecule has 0 aliphatic carbocycles. The van der Waals surface area contributed by atoms with Crippen LogP contribution < -0.4 is 0 Å². The van der Waals surface area contributed by atoms with Gasteiger partial charge in [0.25, 0.3) is 0 Å². The van der Waals surface area contributed by atoms with Gasteiger partial charge in [0.2, 0.25) is 0 Å². The van der Waals surface area contributed by atoms with Crippen LogP contribution in [0, 0.1) is 0 Å². The molecule has 0 bridgehead atoms. The first-order valence-electron chi connectivity index (χ1n) is 3.59. The van der Waals surface area contributed by atoms with Gasteiger partial charge < -0.3 is 0 Å². The summed E-state index contributed by atoms with van der Waals surface area (Å²) < 4.78 is 6.98. The summed E-state index contributed by atoms with van der Waals surface area (Å²) >= 11 is 3.53. The second-order valence-corrected chi connectivity index (χ2v) is 5.13. The molecular weight excluding hydrogens is 287 g/mol. The molecular formula is C8H9BrO2Se. The number of ether oxygens (including phenoxy) is 1. The van der Waals surface area contributed by atoms with E-state index in [1.165, 1.54) is 4.44 Å². The van der Waals surface area contributed by atoms with E-state index in [-0.39, 0.29) is 20.5 Å². The zero-order valence-electron chi connectivity index (χ0n) is 6.67. The predicted molar refractivity (Wildman–Crippen MR) is 52.0 cm³/mol.